The van der Waals surface area contributed by atoms with Crippen LogP contribution in [0, 0.1) is 13.8 Å². The van der Waals surface area contributed by atoms with Gasteiger partial charge in [0.05, 0.1) is 17.4 Å². The van der Waals surface area contributed by atoms with Gasteiger partial charge in [-0.2, -0.15) is 0 Å². The Labute approximate surface area is 96.3 Å². The van der Waals surface area contributed by atoms with E-state index in [-0.39, 0.29) is 5.91 Å². The number of carbonyl (C=O) groups is 1. The van der Waals surface area contributed by atoms with Crippen molar-refractivity contribution >= 4 is 11.6 Å². The number of pyridine rings is 1. The van der Waals surface area contributed by atoms with Crippen molar-refractivity contribution in [2.45, 2.75) is 39.7 Å². The van der Waals surface area contributed by atoms with Crippen molar-refractivity contribution in [3.05, 3.63) is 23.5 Å². The summed E-state index contributed by atoms with van der Waals surface area (Å²) in [6.45, 7) is 5.79. The van der Waals surface area contributed by atoms with Gasteiger partial charge in [-0.05, 0) is 32.4 Å². The normalized spacial score (nSPS) is 12.2. The van der Waals surface area contributed by atoms with E-state index in [0.29, 0.717) is 6.42 Å². The molecule has 88 valence electrons. The number of hydrogen-bond acceptors (Lipinski definition) is 3. The number of anilines is 1. The van der Waals surface area contributed by atoms with Crippen molar-refractivity contribution in [2.75, 3.05) is 5.32 Å². The van der Waals surface area contributed by atoms with Crippen LogP contribution in [-0.2, 0) is 4.79 Å². The van der Waals surface area contributed by atoms with Crippen LogP contribution in [0.5, 0.6) is 0 Å². The molecule has 0 saturated heterocycles. The molecule has 3 N–H and O–H groups in total. The molecule has 1 aromatic heterocycles. The minimum Gasteiger partial charge on any atom is -0.323 e. The SMILES string of the molecule is CCC[C@H](N)C(=O)Nc1ccc(C)nc1C. The first-order valence-electron chi connectivity index (χ1n) is 5.55. The van der Waals surface area contributed by atoms with Crippen molar-refractivity contribution in [3.63, 3.8) is 0 Å². The molecule has 1 heterocycles. The highest BCUT2D eigenvalue weighted by Crippen LogP contribution is 2.13. The predicted octanol–water partition coefficient (Wildman–Crippen LogP) is 1.76. The summed E-state index contributed by atoms with van der Waals surface area (Å²) in [4.78, 5) is 16.0. The van der Waals surface area contributed by atoms with Crippen molar-refractivity contribution in [2.24, 2.45) is 5.73 Å². The van der Waals surface area contributed by atoms with Gasteiger partial charge in [0.1, 0.15) is 0 Å². The van der Waals surface area contributed by atoms with E-state index >= 15 is 0 Å². The van der Waals surface area contributed by atoms with Crippen molar-refractivity contribution in [1.29, 1.82) is 0 Å². The maximum Gasteiger partial charge on any atom is 0.241 e. The number of nitrogens with one attached hydrogen (secondary N) is 1. The van der Waals surface area contributed by atoms with Crippen LogP contribution in [0.4, 0.5) is 5.69 Å². The molecule has 1 aromatic rings. The van der Waals surface area contributed by atoms with Crippen LogP contribution in [-0.4, -0.2) is 16.9 Å². The Balaban J connectivity index is 2.69. The number of amides is 1. The summed E-state index contributed by atoms with van der Waals surface area (Å²) in [5.74, 6) is -0.143. The first-order chi connectivity index (χ1) is 7.54. The van der Waals surface area contributed by atoms with E-state index in [1.54, 1.807) is 0 Å². The van der Waals surface area contributed by atoms with E-state index in [0.717, 1.165) is 23.5 Å². The average molecular weight is 221 g/mol. The molecule has 0 saturated carbocycles. The predicted molar refractivity (Wildman–Crippen MR) is 65.2 cm³/mol. The lowest BCUT2D eigenvalue weighted by Crippen LogP contribution is -2.35. The number of hydrogen-bond donors (Lipinski definition) is 2. The fourth-order valence-corrected chi connectivity index (χ4v) is 1.49. The average Bonchev–Trinajstić information content (AvgIpc) is 2.22. The molecule has 4 nitrogen and oxygen atoms in total. The van der Waals surface area contributed by atoms with E-state index in [1.807, 2.05) is 32.9 Å². The van der Waals surface area contributed by atoms with E-state index in [4.69, 9.17) is 5.73 Å². The van der Waals surface area contributed by atoms with Crippen LogP contribution in [0.3, 0.4) is 0 Å². The number of carbonyl (C=O) groups excluding carboxylic acids is 1. The van der Waals surface area contributed by atoms with Crippen molar-refractivity contribution in [1.82, 2.24) is 4.98 Å². The second-order valence-electron chi connectivity index (χ2n) is 3.97. The number of aromatic nitrogens is 1. The van der Waals surface area contributed by atoms with Crippen LogP contribution >= 0.6 is 0 Å². The molecular formula is C12H19N3O. The zero-order valence-electron chi connectivity index (χ0n) is 10.1. The zero-order chi connectivity index (χ0) is 12.1. The lowest BCUT2D eigenvalue weighted by atomic mass is 10.1. The topological polar surface area (TPSA) is 68.0 Å². The molecule has 0 unspecified atom stereocenters. The molecule has 0 bridgehead atoms. The molecule has 0 radical (unpaired) electrons. The summed E-state index contributed by atoms with van der Waals surface area (Å²) in [6.07, 6.45) is 1.60. The molecule has 1 rings (SSSR count). The number of aryl methyl sites for hydroxylation is 2. The third kappa shape index (κ3) is 3.31. The van der Waals surface area contributed by atoms with Gasteiger partial charge in [0, 0.05) is 5.69 Å². The summed E-state index contributed by atoms with van der Waals surface area (Å²) < 4.78 is 0. The van der Waals surface area contributed by atoms with Crippen LogP contribution in [0.2, 0.25) is 0 Å². The second-order valence-corrected chi connectivity index (χ2v) is 3.97. The Morgan fingerprint density at radius 2 is 2.19 bits per heavy atom. The minimum absolute atomic E-state index is 0.143. The van der Waals surface area contributed by atoms with Gasteiger partial charge in [-0.15, -0.1) is 0 Å². The molecule has 0 aliphatic rings. The van der Waals surface area contributed by atoms with Crippen molar-refractivity contribution in [3.8, 4) is 0 Å². The standard InChI is InChI=1S/C12H19N3O/c1-4-5-10(13)12(16)15-11-7-6-8(2)14-9(11)3/h6-7,10H,4-5,13H2,1-3H3,(H,15,16)/t10-/m0/s1. The van der Waals surface area contributed by atoms with Gasteiger partial charge in [-0.3, -0.25) is 9.78 Å². The van der Waals surface area contributed by atoms with Gasteiger partial charge in [0.15, 0.2) is 0 Å². The highest BCUT2D eigenvalue weighted by atomic mass is 16.2. The summed E-state index contributed by atoms with van der Waals surface area (Å²) in [6, 6.07) is 3.29. The van der Waals surface area contributed by atoms with Crippen molar-refractivity contribution < 1.29 is 4.79 Å². The summed E-state index contributed by atoms with van der Waals surface area (Å²) in [7, 11) is 0. The van der Waals surface area contributed by atoms with E-state index < -0.39 is 6.04 Å². The number of nitrogens with two attached hydrogens (primary N) is 1. The molecule has 0 spiro atoms. The lowest BCUT2D eigenvalue weighted by molar-refractivity contribution is -0.117. The molecule has 1 amide bonds. The van der Waals surface area contributed by atoms with Gasteiger partial charge in [-0.1, -0.05) is 13.3 Å². The molecule has 0 aliphatic heterocycles. The maximum absolute atomic E-state index is 11.7. The van der Waals surface area contributed by atoms with Crippen LogP contribution < -0.4 is 11.1 Å². The smallest absolute Gasteiger partial charge is 0.241 e. The van der Waals surface area contributed by atoms with Crippen LogP contribution in [0.1, 0.15) is 31.2 Å². The first-order valence-corrected chi connectivity index (χ1v) is 5.55. The summed E-state index contributed by atoms with van der Waals surface area (Å²) in [5, 5.41) is 2.80. The highest BCUT2D eigenvalue weighted by Gasteiger charge is 2.13. The Kier molecular flexibility index (Phi) is 4.43. The van der Waals surface area contributed by atoms with Crippen LogP contribution in [0.15, 0.2) is 12.1 Å². The molecular weight excluding hydrogens is 202 g/mol. The first kappa shape index (κ1) is 12.6. The maximum atomic E-state index is 11.7. The van der Waals surface area contributed by atoms with Gasteiger partial charge in [-0.25, -0.2) is 0 Å². The molecule has 0 aromatic carbocycles. The Bertz CT molecular complexity index is 377. The van der Waals surface area contributed by atoms with E-state index in [2.05, 4.69) is 10.3 Å². The number of rotatable bonds is 4. The zero-order valence-corrected chi connectivity index (χ0v) is 10.1. The Hall–Kier alpha value is -1.42. The molecule has 0 aliphatic carbocycles. The molecule has 1 atom stereocenters. The minimum atomic E-state index is -0.439. The largest absolute Gasteiger partial charge is 0.323 e. The van der Waals surface area contributed by atoms with E-state index in [9.17, 15) is 4.79 Å². The van der Waals surface area contributed by atoms with Gasteiger partial charge in [0.25, 0.3) is 0 Å². The van der Waals surface area contributed by atoms with E-state index in [1.165, 1.54) is 0 Å². The molecule has 4 heteroatoms. The third-order valence-corrected chi connectivity index (χ3v) is 2.42. The molecule has 0 fully saturated rings. The van der Waals surface area contributed by atoms with Crippen LogP contribution in [0.25, 0.3) is 0 Å². The summed E-state index contributed by atoms with van der Waals surface area (Å²) >= 11 is 0. The highest BCUT2D eigenvalue weighted by molar-refractivity contribution is 5.95. The quantitative estimate of drug-likeness (QED) is 0.814. The Morgan fingerprint density at radius 3 is 2.75 bits per heavy atom. The fourth-order valence-electron chi connectivity index (χ4n) is 1.49. The molecule has 16 heavy (non-hydrogen) atoms. The lowest BCUT2D eigenvalue weighted by Gasteiger charge is -2.12. The Morgan fingerprint density at radius 1 is 1.50 bits per heavy atom. The number of nitrogens with zero attached hydrogens (tertiary/aromatic N) is 1. The third-order valence-electron chi connectivity index (χ3n) is 2.42. The summed E-state index contributed by atoms with van der Waals surface area (Å²) in [5.41, 5.74) is 8.22. The van der Waals surface area contributed by atoms with Gasteiger partial charge < -0.3 is 11.1 Å². The monoisotopic (exact) mass is 221 g/mol. The fraction of sp³-hybridized carbons (Fsp3) is 0.500. The van der Waals surface area contributed by atoms with Gasteiger partial charge in [0.2, 0.25) is 5.91 Å². The van der Waals surface area contributed by atoms with Gasteiger partial charge >= 0.3 is 0 Å². The second kappa shape index (κ2) is 5.61.